The first-order valence-electron chi connectivity index (χ1n) is 9.56. The summed E-state index contributed by atoms with van der Waals surface area (Å²) in [7, 11) is 1.62. The molecule has 3 aromatic carbocycles. The molecular formula is C25H23NO3. The molecule has 0 aromatic heterocycles. The van der Waals surface area contributed by atoms with Crippen LogP contribution in [0.15, 0.2) is 71.4 Å². The van der Waals surface area contributed by atoms with Crippen molar-refractivity contribution in [2.75, 3.05) is 7.11 Å². The molecule has 0 unspecified atom stereocenters. The van der Waals surface area contributed by atoms with Crippen molar-refractivity contribution in [3.8, 4) is 5.75 Å². The maximum Gasteiger partial charge on any atom is 0.363 e. The van der Waals surface area contributed by atoms with E-state index >= 15 is 0 Å². The van der Waals surface area contributed by atoms with E-state index in [0.717, 1.165) is 21.9 Å². The minimum Gasteiger partial charge on any atom is -0.496 e. The average molecular weight is 385 g/mol. The van der Waals surface area contributed by atoms with Crippen molar-refractivity contribution in [2.45, 2.75) is 26.2 Å². The molecule has 0 radical (unpaired) electrons. The molecular weight excluding hydrogens is 362 g/mol. The summed E-state index contributed by atoms with van der Waals surface area (Å²) in [4.78, 5) is 16.9. The number of rotatable bonds is 3. The highest BCUT2D eigenvalue weighted by Crippen LogP contribution is 2.31. The Balaban J connectivity index is 1.75. The molecule has 0 spiro atoms. The molecule has 0 saturated carbocycles. The molecule has 0 N–H and O–H groups in total. The topological polar surface area (TPSA) is 47.9 Å². The number of carbonyl (C=O) groups is 1. The third-order valence-electron chi connectivity index (χ3n) is 5.05. The number of aliphatic imine (C=N–C) groups is 1. The lowest BCUT2D eigenvalue weighted by Crippen LogP contribution is -2.11. The number of ether oxygens (including phenoxy) is 2. The Labute approximate surface area is 170 Å². The average Bonchev–Trinajstić information content (AvgIpc) is 3.08. The van der Waals surface area contributed by atoms with Gasteiger partial charge in [0.15, 0.2) is 5.70 Å². The van der Waals surface area contributed by atoms with Crippen LogP contribution in [0.2, 0.25) is 0 Å². The van der Waals surface area contributed by atoms with Gasteiger partial charge in [0.1, 0.15) is 5.75 Å². The van der Waals surface area contributed by atoms with Gasteiger partial charge in [-0.2, -0.15) is 0 Å². The number of esters is 1. The van der Waals surface area contributed by atoms with Gasteiger partial charge in [-0.1, -0.05) is 63.2 Å². The highest BCUT2D eigenvalue weighted by Gasteiger charge is 2.25. The van der Waals surface area contributed by atoms with Gasteiger partial charge < -0.3 is 9.47 Å². The second-order valence-electron chi connectivity index (χ2n) is 8.07. The fraction of sp³-hybridized carbons (Fsp3) is 0.200. The van der Waals surface area contributed by atoms with Gasteiger partial charge >= 0.3 is 5.97 Å². The second-order valence-corrected chi connectivity index (χ2v) is 8.07. The summed E-state index contributed by atoms with van der Waals surface area (Å²) < 4.78 is 11.0. The lowest BCUT2D eigenvalue weighted by molar-refractivity contribution is -0.129. The first-order chi connectivity index (χ1) is 13.9. The van der Waals surface area contributed by atoms with Gasteiger partial charge in [-0.25, -0.2) is 9.79 Å². The molecule has 0 atom stereocenters. The zero-order valence-corrected chi connectivity index (χ0v) is 17.0. The third kappa shape index (κ3) is 3.66. The predicted molar refractivity (Wildman–Crippen MR) is 116 cm³/mol. The van der Waals surface area contributed by atoms with Crippen LogP contribution in [-0.2, 0) is 14.9 Å². The quantitative estimate of drug-likeness (QED) is 0.442. The number of methoxy groups -OCH3 is 1. The zero-order chi connectivity index (χ0) is 20.6. The van der Waals surface area contributed by atoms with E-state index in [1.165, 1.54) is 5.56 Å². The minimum atomic E-state index is -0.463. The standard InChI is InChI=1S/C25H23NO3/c1-25(2,3)18-12-9-17(10-13-18)23-26-21(24(27)29-23)15-20-19-8-6-5-7-16(19)11-14-22(20)28-4/h5-15H,1-4H3. The normalized spacial score (nSPS) is 15.5. The van der Waals surface area contributed by atoms with E-state index in [4.69, 9.17) is 9.47 Å². The van der Waals surface area contributed by atoms with E-state index in [-0.39, 0.29) is 11.1 Å². The molecule has 0 saturated heterocycles. The van der Waals surface area contributed by atoms with Crippen LogP contribution in [0.1, 0.15) is 37.5 Å². The lowest BCUT2D eigenvalue weighted by atomic mass is 9.87. The highest BCUT2D eigenvalue weighted by molar-refractivity contribution is 6.13. The van der Waals surface area contributed by atoms with E-state index in [1.54, 1.807) is 13.2 Å². The Hall–Kier alpha value is -3.40. The third-order valence-corrected chi connectivity index (χ3v) is 5.05. The number of fused-ring (bicyclic) bond motifs is 1. The number of cyclic esters (lactones) is 1. The summed E-state index contributed by atoms with van der Waals surface area (Å²) in [6, 6.07) is 19.8. The van der Waals surface area contributed by atoms with E-state index in [9.17, 15) is 4.79 Å². The summed E-state index contributed by atoms with van der Waals surface area (Å²) in [6.45, 7) is 6.48. The van der Waals surface area contributed by atoms with Crippen LogP contribution in [0.25, 0.3) is 16.8 Å². The van der Waals surface area contributed by atoms with Crippen molar-refractivity contribution in [1.82, 2.24) is 0 Å². The predicted octanol–water partition coefficient (Wildman–Crippen LogP) is 5.49. The van der Waals surface area contributed by atoms with Gasteiger partial charge in [-0.3, -0.25) is 0 Å². The Kier molecular flexibility index (Phi) is 4.71. The second kappa shape index (κ2) is 7.21. The minimum absolute atomic E-state index is 0.0582. The maximum atomic E-state index is 12.5. The van der Waals surface area contributed by atoms with E-state index < -0.39 is 5.97 Å². The summed E-state index contributed by atoms with van der Waals surface area (Å²) in [6.07, 6.45) is 1.74. The molecule has 0 bridgehead atoms. The lowest BCUT2D eigenvalue weighted by Gasteiger charge is -2.18. The van der Waals surface area contributed by atoms with Crippen LogP contribution >= 0.6 is 0 Å². The van der Waals surface area contributed by atoms with Crippen molar-refractivity contribution in [2.24, 2.45) is 4.99 Å². The molecule has 146 valence electrons. The summed E-state index contributed by atoms with van der Waals surface area (Å²) in [5.41, 5.74) is 3.12. The Morgan fingerprint density at radius 2 is 1.69 bits per heavy atom. The van der Waals surface area contributed by atoms with Crippen LogP contribution in [0, 0.1) is 0 Å². The highest BCUT2D eigenvalue weighted by atomic mass is 16.6. The van der Waals surface area contributed by atoms with Crippen LogP contribution in [0.4, 0.5) is 0 Å². The first-order valence-corrected chi connectivity index (χ1v) is 9.56. The van der Waals surface area contributed by atoms with Crippen molar-refractivity contribution in [1.29, 1.82) is 0 Å². The van der Waals surface area contributed by atoms with E-state index in [2.05, 4.69) is 25.8 Å². The molecule has 29 heavy (non-hydrogen) atoms. The van der Waals surface area contributed by atoms with Gasteiger partial charge in [-0.15, -0.1) is 0 Å². The molecule has 1 aliphatic rings. The van der Waals surface area contributed by atoms with Crippen molar-refractivity contribution in [3.05, 3.63) is 83.1 Å². The number of nitrogens with zero attached hydrogens (tertiary/aromatic N) is 1. The first kappa shape index (κ1) is 18.9. The Morgan fingerprint density at radius 1 is 0.966 bits per heavy atom. The van der Waals surface area contributed by atoms with Crippen LogP contribution < -0.4 is 4.74 Å². The fourth-order valence-corrected chi connectivity index (χ4v) is 3.38. The number of hydrogen-bond donors (Lipinski definition) is 0. The van der Waals surface area contributed by atoms with Crippen LogP contribution in [0.5, 0.6) is 5.75 Å². The van der Waals surface area contributed by atoms with Crippen molar-refractivity contribution >= 4 is 28.7 Å². The smallest absolute Gasteiger partial charge is 0.363 e. The molecule has 0 amide bonds. The summed E-state index contributed by atoms with van der Waals surface area (Å²) in [5.74, 6) is 0.540. The van der Waals surface area contributed by atoms with Crippen molar-refractivity contribution in [3.63, 3.8) is 0 Å². The number of benzene rings is 3. The zero-order valence-electron chi connectivity index (χ0n) is 17.0. The number of hydrogen-bond acceptors (Lipinski definition) is 4. The monoisotopic (exact) mass is 385 g/mol. The molecule has 4 heteroatoms. The Bertz CT molecular complexity index is 1150. The molecule has 0 aliphatic carbocycles. The van der Waals surface area contributed by atoms with Gasteiger partial charge in [0.25, 0.3) is 0 Å². The molecule has 4 rings (SSSR count). The van der Waals surface area contributed by atoms with Gasteiger partial charge in [-0.05, 0) is 46.0 Å². The van der Waals surface area contributed by atoms with E-state index in [0.29, 0.717) is 11.6 Å². The molecule has 1 heterocycles. The SMILES string of the molecule is COc1ccc2ccccc2c1C=C1N=C(c2ccc(C(C)(C)C)cc2)OC1=O. The van der Waals surface area contributed by atoms with Gasteiger partial charge in [0.05, 0.1) is 7.11 Å². The summed E-state index contributed by atoms with van der Waals surface area (Å²) in [5, 5.41) is 2.05. The fourth-order valence-electron chi connectivity index (χ4n) is 3.38. The van der Waals surface area contributed by atoms with Gasteiger partial charge in [0.2, 0.25) is 5.90 Å². The molecule has 1 aliphatic heterocycles. The van der Waals surface area contributed by atoms with E-state index in [1.807, 2.05) is 60.7 Å². The largest absolute Gasteiger partial charge is 0.496 e. The van der Waals surface area contributed by atoms with Crippen molar-refractivity contribution < 1.29 is 14.3 Å². The van der Waals surface area contributed by atoms with Crippen LogP contribution in [0.3, 0.4) is 0 Å². The van der Waals surface area contributed by atoms with Crippen LogP contribution in [-0.4, -0.2) is 19.0 Å². The molecule has 3 aromatic rings. The summed E-state index contributed by atoms with van der Waals surface area (Å²) >= 11 is 0. The Morgan fingerprint density at radius 3 is 2.38 bits per heavy atom. The number of carbonyl (C=O) groups excluding carboxylic acids is 1. The molecule has 4 nitrogen and oxygen atoms in total. The molecule has 0 fully saturated rings. The van der Waals surface area contributed by atoms with Gasteiger partial charge in [0, 0.05) is 11.1 Å². The maximum absolute atomic E-state index is 12.5.